The number of aliphatic hydroxyl groups is 1. The zero-order chi connectivity index (χ0) is 22.1. The highest BCUT2D eigenvalue weighted by molar-refractivity contribution is 7.09. The van der Waals surface area contributed by atoms with Crippen molar-refractivity contribution in [2.45, 2.75) is 19.5 Å². The van der Waals surface area contributed by atoms with Crippen LogP contribution in [0.5, 0.6) is 0 Å². The summed E-state index contributed by atoms with van der Waals surface area (Å²) in [4.78, 5) is 30.6. The molecule has 1 fully saturated rings. The van der Waals surface area contributed by atoms with Gasteiger partial charge < -0.3 is 14.9 Å². The minimum Gasteiger partial charge on any atom is -0.507 e. The van der Waals surface area contributed by atoms with Crippen LogP contribution in [-0.4, -0.2) is 35.8 Å². The quantitative estimate of drug-likeness (QED) is 0.359. The van der Waals surface area contributed by atoms with Crippen molar-refractivity contribution in [3.05, 3.63) is 93.2 Å². The molecule has 158 valence electrons. The van der Waals surface area contributed by atoms with Crippen LogP contribution >= 0.6 is 11.3 Å². The molecule has 0 bridgehead atoms. The summed E-state index contributed by atoms with van der Waals surface area (Å²) in [5.74, 6) is -1.39. The molecule has 0 radical (unpaired) electrons. The standard InChI is InChI=1S/C25H24N2O3S/c1-16-6-8-18(9-7-16)23(28)21-22(17-10-12-19(13-11-17)26(2)3)27(25(30)24(21)29)15-20-5-4-14-31-20/h4-14,22,28H,15H2,1-3H3/b23-21+. The average Bonchev–Trinajstić information content (AvgIpc) is 3.36. The number of carbonyl (C=O) groups is 2. The number of carbonyl (C=O) groups excluding carboxylic acids is 2. The Morgan fingerprint density at radius 1 is 1.03 bits per heavy atom. The number of aliphatic hydroxyl groups excluding tert-OH is 1. The molecule has 0 aliphatic carbocycles. The molecule has 0 saturated carbocycles. The SMILES string of the molecule is Cc1ccc(/C(O)=C2\C(=O)C(=O)N(Cc3cccs3)C2c2ccc(N(C)C)cc2)cc1. The fourth-order valence-electron chi connectivity index (χ4n) is 3.78. The molecule has 0 spiro atoms. The van der Waals surface area contributed by atoms with Crippen LogP contribution in [0.4, 0.5) is 5.69 Å². The first kappa shape index (κ1) is 20.9. The van der Waals surface area contributed by atoms with E-state index in [0.29, 0.717) is 12.1 Å². The predicted molar refractivity (Wildman–Crippen MR) is 124 cm³/mol. The number of nitrogens with zero attached hydrogens (tertiary/aromatic N) is 2. The lowest BCUT2D eigenvalue weighted by molar-refractivity contribution is -0.140. The normalized spacial score (nSPS) is 17.9. The van der Waals surface area contributed by atoms with Gasteiger partial charge in [0.25, 0.3) is 11.7 Å². The molecule has 5 nitrogen and oxygen atoms in total. The van der Waals surface area contributed by atoms with Gasteiger partial charge in [-0.2, -0.15) is 0 Å². The first-order chi connectivity index (χ1) is 14.9. The molecule has 31 heavy (non-hydrogen) atoms. The number of rotatable bonds is 5. The van der Waals surface area contributed by atoms with Crippen molar-refractivity contribution in [1.82, 2.24) is 4.90 Å². The lowest BCUT2D eigenvalue weighted by atomic mass is 9.95. The zero-order valence-corrected chi connectivity index (χ0v) is 18.5. The first-order valence-corrected chi connectivity index (χ1v) is 10.9. The Labute approximate surface area is 185 Å². The van der Waals surface area contributed by atoms with Gasteiger partial charge in [-0.25, -0.2) is 0 Å². The summed E-state index contributed by atoms with van der Waals surface area (Å²) >= 11 is 1.53. The third-order valence-electron chi connectivity index (χ3n) is 5.50. The summed E-state index contributed by atoms with van der Waals surface area (Å²) in [6.45, 7) is 2.27. The minimum absolute atomic E-state index is 0.128. The molecule has 1 unspecified atom stereocenters. The van der Waals surface area contributed by atoms with E-state index in [1.54, 1.807) is 17.0 Å². The molecule has 1 saturated heterocycles. The van der Waals surface area contributed by atoms with Crippen molar-refractivity contribution >= 4 is 34.5 Å². The predicted octanol–water partition coefficient (Wildman–Crippen LogP) is 4.74. The van der Waals surface area contributed by atoms with Gasteiger partial charge in [0.15, 0.2) is 0 Å². The van der Waals surface area contributed by atoms with Gasteiger partial charge in [-0.15, -0.1) is 11.3 Å². The van der Waals surface area contributed by atoms with Crippen LogP contribution in [0.2, 0.25) is 0 Å². The highest BCUT2D eigenvalue weighted by Gasteiger charge is 2.46. The van der Waals surface area contributed by atoms with Gasteiger partial charge in [-0.1, -0.05) is 48.0 Å². The Kier molecular flexibility index (Phi) is 5.65. The molecular formula is C25H24N2O3S. The number of likely N-dealkylation sites (tertiary alicyclic amines) is 1. The van der Waals surface area contributed by atoms with Gasteiger partial charge >= 0.3 is 0 Å². The Hall–Kier alpha value is -3.38. The van der Waals surface area contributed by atoms with E-state index in [1.807, 2.05) is 79.8 Å². The summed E-state index contributed by atoms with van der Waals surface area (Å²) in [6.07, 6.45) is 0. The average molecular weight is 433 g/mol. The number of ketones is 1. The highest BCUT2D eigenvalue weighted by Crippen LogP contribution is 2.41. The van der Waals surface area contributed by atoms with E-state index in [1.165, 1.54) is 11.3 Å². The summed E-state index contributed by atoms with van der Waals surface area (Å²) in [5, 5.41) is 13.0. The summed E-state index contributed by atoms with van der Waals surface area (Å²) in [6, 6.07) is 18.2. The number of thiophene rings is 1. The molecule has 2 heterocycles. The molecule has 1 N–H and O–H groups in total. The van der Waals surface area contributed by atoms with Crippen LogP contribution in [0.1, 0.15) is 27.6 Å². The number of Topliss-reactive ketones (excluding diaryl/α,β-unsaturated/α-hetero) is 1. The van der Waals surface area contributed by atoms with Crippen LogP contribution < -0.4 is 4.90 Å². The number of amides is 1. The zero-order valence-electron chi connectivity index (χ0n) is 17.7. The molecule has 1 atom stereocenters. The number of benzene rings is 2. The van der Waals surface area contributed by atoms with Gasteiger partial charge in [-0.3, -0.25) is 9.59 Å². The van der Waals surface area contributed by atoms with E-state index < -0.39 is 17.7 Å². The molecule has 1 aliphatic rings. The number of hydrogen-bond acceptors (Lipinski definition) is 5. The van der Waals surface area contributed by atoms with Crippen LogP contribution in [-0.2, 0) is 16.1 Å². The molecule has 2 aromatic carbocycles. The van der Waals surface area contributed by atoms with Gasteiger partial charge in [0.05, 0.1) is 18.2 Å². The first-order valence-electron chi connectivity index (χ1n) is 10.0. The van der Waals surface area contributed by atoms with Gasteiger partial charge in [0.2, 0.25) is 0 Å². The molecule has 1 aliphatic heterocycles. The second kappa shape index (κ2) is 8.40. The Morgan fingerprint density at radius 2 is 1.71 bits per heavy atom. The third kappa shape index (κ3) is 3.99. The Morgan fingerprint density at radius 3 is 2.29 bits per heavy atom. The minimum atomic E-state index is -0.656. The monoisotopic (exact) mass is 432 g/mol. The Balaban J connectivity index is 1.84. The fourth-order valence-corrected chi connectivity index (χ4v) is 4.48. The van der Waals surface area contributed by atoms with E-state index in [4.69, 9.17) is 0 Å². The highest BCUT2D eigenvalue weighted by atomic mass is 32.1. The van der Waals surface area contributed by atoms with Crippen molar-refractivity contribution in [3.63, 3.8) is 0 Å². The maximum absolute atomic E-state index is 13.1. The van der Waals surface area contributed by atoms with Crippen molar-refractivity contribution < 1.29 is 14.7 Å². The van der Waals surface area contributed by atoms with Crippen LogP contribution in [0.25, 0.3) is 5.76 Å². The van der Waals surface area contributed by atoms with E-state index in [-0.39, 0.29) is 11.3 Å². The van der Waals surface area contributed by atoms with E-state index in [0.717, 1.165) is 21.7 Å². The van der Waals surface area contributed by atoms with E-state index in [9.17, 15) is 14.7 Å². The van der Waals surface area contributed by atoms with Crippen molar-refractivity contribution in [2.24, 2.45) is 0 Å². The number of anilines is 1. The van der Waals surface area contributed by atoms with Crippen LogP contribution in [0.15, 0.2) is 71.6 Å². The molecule has 1 amide bonds. The second-order valence-corrected chi connectivity index (χ2v) is 8.89. The third-order valence-corrected chi connectivity index (χ3v) is 6.36. The van der Waals surface area contributed by atoms with Gasteiger partial charge in [0, 0.05) is 30.2 Å². The number of hydrogen-bond donors (Lipinski definition) is 1. The van der Waals surface area contributed by atoms with E-state index >= 15 is 0 Å². The largest absolute Gasteiger partial charge is 0.507 e. The van der Waals surface area contributed by atoms with E-state index in [2.05, 4.69) is 0 Å². The lowest BCUT2D eigenvalue weighted by Crippen LogP contribution is -2.28. The topological polar surface area (TPSA) is 60.9 Å². The Bertz CT molecular complexity index is 1130. The lowest BCUT2D eigenvalue weighted by Gasteiger charge is -2.25. The molecule has 1 aromatic heterocycles. The summed E-state index contributed by atoms with van der Waals surface area (Å²) < 4.78 is 0. The van der Waals surface area contributed by atoms with Crippen LogP contribution in [0.3, 0.4) is 0 Å². The molecule has 6 heteroatoms. The van der Waals surface area contributed by atoms with Crippen molar-refractivity contribution in [1.29, 1.82) is 0 Å². The molecule has 4 rings (SSSR count). The van der Waals surface area contributed by atoms with Gasteiger partial charge in [0.1, 0.15) is 5.76 Å². The number of aryl methyl sites for hydroxylation is 1. The van der Waals surface area contributed by atoms with Crippen molar-refractivity contribution in [2.75, 3.05) is 19.0 Å². The second-order valence-electron chi connectivity index (χ2n) is 7.86. The van der Waals surface area contributed by atoms with Gasteiger partial charge in [-0.05, 0) is 36.1 Å². The summed E-state index contributed by atoms with van der Waals surface area (Å²) in [7, 11) is 3.91. The molecular weight excluding hydrogens is 408 g/mol. The molecule has 3 aromatic rings. The smallest absolute Gasteiger partial charge is 0.295 e. The van der Waals surface area contributed by atoms with Crippen LogP contribution in [0, 0.1) is 6.92 Å². The fraction of sp³-hybridized carbons (Fsp3) is 0.200. The summed E-state index contributed by atoms with van der Waals surface area (Å²) in [5.41, 5.74) is 3.50. The maximum atomic E-state index is 13.1. The van der Waals surface area contributed by atoms with Crippen molar-refractivity contribution in [3.8, 4) is 0 Å². The maximum Gasteiger partial charge on any atom is 0.295 e.